The van der Waals surface area contributed by atoms with Crippen LogP contribution in [0, 0.1) is 0 Å². The summed E-state index contributed by atoms with van der Waals surface area (Å²) < 4.78 is 54.3. The molecule has 10 heteroatoms. The molecule has 0 bridgehead atoms. The van der Waals surface area contributed by atoms with Crippen molar-refractivity contribution < 1.29 is 41.8 Å². The van der Waals surface area contributed by atoms with E-state index in [9.17, 15) is 27.6 Å². The molecule has 0 fully saturated rings. The summed E-state index contributed by atoms with van der Waals surface area (Å²) >= 11 is 0. The topological polar surface area (TPSA) is 82.1 Å². The zero-order chi connectivity index (χ0) is 21.8. The van der Waals surface area contributed by atoms with Gasteiger partial charge >= 0.3 is 24.1 Å². The van der Waals surface area contributed by atoms with Crippen molar-refractivity contribution in [1.82, 2.24) is 0 Å². The smallest absolute Gasteiger partial charge is 0.417 e. The van der Waals surface area contributed by atoms with E-state index in [1.807, 2.05) is 0 Å². The Bertz CT molecular complexity index is 930. The molecule has 154 valence electrons. The molecule has 0 spiro atoms. The summed E-state index contributed by atoms with van der Waals surface area (Å²) in [5.41, 5.74) is -2.70. The van der Waals surface area contributed by atoms with Crippen molar-refractivity contribution in [3.8, 4) is 0 Å². The third-order valence-electron chi connectivity index (χ3n) is 3.88. The largest absolute Gasteiger partial charge is 0.465 e. The molecule has 0 saturated carbocycles. The summed E-state index contributed by atoms with van der Waals surface area (Å²) in [5, 5.41) is 0. The third kappa shape index (κ3) is 4.48. The van der Waals surface area contributed by atoms with Crippen molar-refractivity contribution in [2.45, 2.75) is 6.18 Å². The van der Waals surface area contributed by atoms with Crippen molar-refractivity contribution in [2.75, 3.05) is 26.2 Å². The van der Waals surface area contributed by atoms with Crippen molar-refractivity contribution in [2.24, 2.45) is 0 Å². The molecule has 7 nitrogen and oxygen atoms in total. The number of halogens is 3. The molecule has 0 amide bonds. The molecule has 2 rings (SSSR count). The number of hydrogen-bond donors (Lipinski definition) is 0. The fraction of sp³-hybridized carbons (Fsp3) is 0.211. The van der Waals surface area contributed by atoms with Gasteiger partial charge in [-0.05, 0) is 30.4 Å². The van der Waals surface area contributed by atoms with Gasteiger partial charge in [-0.2, -0.15) is 13.2 Å². The molecule has 1 heterocycles. The molecule has 0 aliphatic carbocycles. The number of allylic oxidation sites excluding steroid dienone is 2. The minimum absolute atomic E-state index is 0.147. The number of ether oxygens (including phenoxy) is 3. The molecular weight excluding hydrogens is 395 g/mol. The van der Waals surface area contributed by atoms with Crippen LogP contribution in [0.2, 0.25) is 0 Å². The number of alkyl halides is 3. The highest BCUT2D eigenvalue weighted by atomic mass is 19.4. The zero-order valence-corrected chi connectivity index (χ0v) is 15.6. The predicted molar refractivity (Wildman–Crippen MR) is 94.6 cm³/mol. The van der Waals surface area contributed by atoms with Crippen LogP contribution in [0.4, 0.5) is 18.9 Å². The second kappa shape index (κ2) is 8.63. The number of hydrogen-bond acceptors (Lipinski definition) is 7. The van der Waals surface area contributed by atoms with Gasteiger partial charge in [0, 0.05) is 11.9 Å². The molecule has 0 saturated heterocycles. The number of benzene rings is 1. The molecule has 0 unspecified atom stereocenters. The number of carbonyl (C=O) groups excluding carboxylic acids is 3. The standard InChI is InChI=1S/C19H16F3NO6/c1-27-16(24)12-8-7-11(10-14(12)19(20,21)22)23-9-5-4-6-13(17(25)28-2)15(23)18(26)29-3/h4-10H,1-3H3. The monoisotopic (exact) mass is 411 g/mol. The summed E-state index contributed by atoms with van der Waals surface area (Å²) in [6, 6.07) is 2.76. The Balaban J connectivity index is 2.74. The Kier molecular flexibility index (Phi) is 6.47. The van der Waals surface area contributed by atoms with Crippen molar-refractivity contribution >= 4 is 23.6 Å². The summed E-state index contributed by atoms with van der Waals surface area (Å²) in [6.45, 7) is 0. The molecule has 0 radical (unpaired) electrons. The first-order chi connectivity index (χ1) is 13.6. The normalized spacial score (nSPS) is 13.8. The van der Waals surface area contributed by atoms with E-state index in [4.69, 9.17) is 0 Å². The van der Waals surface area contributed by atoms with Gasteiger partial charge in [-0.15, -0.1) is 0 Å². The van der Waals surface area contributed by atoms with Crippen LogP contribution in [0.3, 0.4) is 0 Å². The maximum absolute atomic E-state index is 13.5. The van der Waals surface area contributed by atoms with E-state index in [0.29, 0.717) is 6.07 Å². The van der Waals surface area contributed by atoms with Gasteiger partial charge < -0.3 is 19.1 Å². The number of rotatable bonds is 4. The number of anilines is 1. The van der Waals surface area contributed by atoms with Gasteiger partial charge in [0.25, 0.3) is 0 Å². The van der Waals surface area contributed by atoms with Crippen LogP contribution in [0.5, 0.6) is 0 Å². The van der Waals surface area contributed by atoms with Crippen molar-refractivity contribution in [3.05, 3.63) is 65.0 Å². The van der Waals surface area contributed by atoms with Crippen molar-refractivity contribution in [1.29, 1.82) is 0 Å². The third-order valence-corrected chi connectivity index (χ3v) is 3.88. The van der Waals surface area contributed by atoms with Gasteiger partial charge in [0.1, 0.15) is 5.70 Å². The van der Waals surface area contributed by atoms with Gasteiger partial charge in [-0.1, -0.05) is 6.08 Å². The van der Waals surface area contributed by atoms with E-state index < -0.39 is 35.2 Å². The average Bonchev–Trinajstić information content (AvgIpc) is 2.93. The van der Waals surface area contributed by atoms with E-state index in [0.717, 1.165) is 32.3 Å². The molecule has 0 atom stereocenters. The van der Waals surface area contributed by atoms with Crippen LogP contribution in [0.25, 0.3) is 0 Å². The fourth-order valence-electron chi connectivity index (χ4n) is 2.57. The number of carbonyl (C=O) groups is 3. The molecule has 1 aromatic rings. The van der Waals surface area contributed by atoms with Gasteiger partial charge in [0.2, 0.25) is 0 Å². The first-order valence-corrected chi connectivity index (χ1v) is 8.00. The summed E-state index contributed by atoms with van der Waals surface area (Å²) in [6.07, 6.45) is 0.463. The summed E-state index contributed by atoms with van der Waals surface area (Å²) in [7, 11) is 3.11. The van der Waals surface area contributed by atoms with Crippen LogP contribution < -0.4 is 4.90 Å². The molecule has 29 heavy (non-hydrogen) atoms. The Morgan fingerprint density at radius 1 is 0.897 bits per heavy atom. The van der Waals surface area contributed by atoms with Crippen LogP contribution in [0.15, 0.2) is 53.9 Å². The Morgan fingerprint density at radius 3 is 2.07 bits per heavy atom. The SMILES string of the molecule is COC(=O)C1=C(C(=O)OC)N(c2ccc(C(=O)OC)c(C(F)(F)F)c2)C=CC=C1. The average molecular weight is 411 g/mol. The molecule has 1 aliphatic rings. The number of methoxy groups -OCH3 is 3. The lowest BCUT2D eigenvalue weighted by Gasteiger charge is -2.24. The van der Waals surface area contributed by atoms with Crippen LogP contribution in [0.1, 0.15) is 15.9 Å². The number of nitrogens with zero attached hydrogens (tertiary/aromatic N) is 1. The minimum atomic E-state index is -4.88. The van der Waals surface area contributed by atoms with Gasteiger partial charge in [-0.25, -0.2) is 14.4 Å². The quantitative estimate of drug-likeness (QED) is 0.557. The highest BCUT2D eigenvalue weighted by Gasteiger charge is 2.37. The highest BCUT2D eigenvalue weighted by molar-refractivity contribution is 6.05. The van der Waals surface area contributed by atoms with Gasteiger partial charge in [0.15, 0.2) is 0 Å². The lowest BCUT2D eigenvalue weighted by Crippen LogP contribution is -2.27. The van der Waals surface area contributed by atoms with Crippen molar-refractivity contribution in [3.63, 3.8) is 0 Å². The first-order valence-electron chi connectivity index (χ1n) is 8.00. The molecule has 0 N–H and O–H groups in total. The molecular formula is C19H16F3NO6. The summed E-state index contributed by atoms with van der Waals surface area (Å²) in [5.74, 6) is -3.04. The molecule has 1 aromatic carbocycles. The Morgan fingerprint density at radius 2 is 1.52 bits per heavy atom. The first kappa shape index (κ1) is 21.7. The molecule has 1 aliphatic heterocycles. The van der Waals surface area contributed by atoms with E-state index >= 15 is 0 Å². The lowest BCUT2D eigenvalue weighted by molar-refractivity contribution is -0.139. The van der Waals surface area contributed by atoms with Crippen LogP contribution in [-0.2, 0) is 30.0 Å². The van der Waals surface area contributed by atoms with Crippen LogP contribution in [-0.4, -0.2) is 39.2 Å². The van der Waals surface area contributed by atoms with E-state index in [1.54, 1.807) is 0 Å². The second-order valence-electron chi connectivity index (χ2n) is 5.54. The highest BCUT2D eigenvalue weighted by Crippen LogP contribution is 2.36. The van der Waals surface area contributed by atoms with Crippen LogP contribution >= 0.6 is 0 Å². The van der Waals surface area contributed by atoms with Gasteiger partial charge in [0.05, 0.1) is 38.0 Å². The lowest BCUT2D eigenvalue weighted by atomic mass is 10.0. The Labute approximate surface area is 163 Å². The minimum Gasteiger partial charge on any atom is -0.465 e. The number of esters is 3. The second-order valence-corrected chi connectivity index (χ2v) is 5.54. The van der Waals surface area contributed by atoms with E-state index in [-0.39, 0.29) is 17.0 Å². The maximum atomic E-state index is 13.5. The van der Waals surface area contributed by atoms with E-state index in [1.165, 1.54) is 30.5 Å². The Hall–Kier alpha value is -3.56. The predicted octanol–water partition coefficient (Wildman–Crippen LogP) is 2.98. The molecule has 0 aromatic heterocycles. The summed E-state index contributed by atoms with van der Waals surface area (Å²) in [4.78, 5) is 37.2. The van der Waals surface area contributed by atoms with E-state index in [2.05, 4.69) is 14.2 Å². The zero-order valence-electron chi connectivity index (χ0n) is 15.6. The van der Waals surface area contributed by atoms with Gasteiger partial charge in [-0.3, -0.25) is 0 Å². The maximum Gasteiger partial charge on any atom is 0.417 e. The fourth-order valence-corrected chi connectivity index (χ4v) is 2.57.